The average Bonchev–Trinajstić information content (AvgIpc) is 3.02. The predicted molar refractivity (Wildman–Crippen MR) is 117 cm³/mol. The lowest BCUT2D eigenvalue weighted by Crippen LogP contribution is -2.41. The molecule has 1 heterocycles. The third-order valence-corrected chi connectivity index (χ3v) is 3.68. The van der Waals surface area contributed by atoms with E-state index in [1.807, 2.05) is 0 Å². The first-order valence-electron chi connectivity index (χ1n) is 9.01. The van der Waals surface area contributed by atoms with Gasteiger partial charge in [-0.15, -0.1) is 24.0 Å². The van der Waals surface area contributed by atoms with E-state index in [0.717, 1.165) is 50.9 Å². The van der Waals surface area contributed by atoms with Crippen molar-refractivity contribution >= 4 is 29.9 Å². The number of methoxy groups -OCH3 is 1. The molecule has 0 spiro atoms. The smallest absolute Gasteiger partial charge is 0.216 e. The van der Waals surface area contributed by atoms with E-state index in [-0.39, 0.29) is 29.4 Å². The molecule has 1 rings (SSSR count). The van der Waals surface area contributed by atoms with Crippen molar-refractivity contribution in [2.24, 2.45) is 4.99 Å². The molecule has 0 aliphatic heterocycles. The van der Waals surface area contributed by atoms with Gasteiger partial charge in [0.15, 0.2) is 5.96 Å². The molecule has 0 atom stereocenters. The highest BCUT2D eigenvalue weighted by Crippen LogP contribution is 2.22. The molecule has 0 unspecified atom stereocenters. The fraction of sp³-hybridized carbons (Fsp3) is 0.778. The van der Waals surface area contributed by atoms with Crippen LogP contribution in [0.3, 0.4) is 0 Å². The summed E-state index contributed by atoms with van der Waals surface area (Å²) in [6.45, 7) is 13.2. The Labute approximate surface area is 175 Å². The minimum Gasteiger partial charge on any atom is -0.443 e. The molecule has 2 N–H and O–H groups in total. The van der Waals surface area contributed by atoms with Gasteiger partial charge in [-0.25, -0.2) is 9.98 Å². The highest BCUT2D eigenvalue weighted by Gasteiger charge is 2.18. The third kappa shape index (κ3) is 10.3. The topological polar surface area (TPSA) is 74.9 Å². The van der Waals surface area contributed by atoms with Crippen molar-refractivity contribution in [3.8, 4) is 0 Å². The summed E-state index contributed by atoms with van der Waals surface area (Å²) in [5, 5.41) is 6.59. The van der Waals surface area contributed by atoms with E-state index in [1.165, 1.54) is 0 Å². The van der Waals surface area contributed by atoms with Gasteiger partial charge in [0, 0.05) is 45.3 Å². The Balaban J connectivity index is 0.00000625. The maximum Gasteiger partial charge on any atom is 0.216 e. The van der Waals surface area contributed by atoms with Gasteiger partial charge in [-0.1, -0.05) is 20.8 Å². The summed E-state index contributed by atoms with van der Waals surface area (Å²) in [6.07, 6.45) is 2.83. The van der Waals surface area contributed by atoms with Crippen molar-refractivity contribution in [2.75, 3.05) is 46.9 Å². The molecular formula is C18H36IN5O2. The number of halogens is 1. The van der Waals surface area contributed by atoms with E-state index in [9.17, 15) is 0 Å². The van der Waals surface area contributed by atoms with Crippen LogP contribution >= 0.6 is 24.0 Å². The summed E-state index contributed by atoms with van der Waals surface area (Å²) in [5.41, 5.74) is -0.0366. The molecule has 0 aliphatic carbocycles. The molecule has 152 valence electrons. The Bertz CT molecular complexity index is 514. The molecule has 1 aromatic rings. The van der Waals surface area contributed by atoms with Gasteiger partial charge in [-0.2, -0.15) is 0 Å². The molecule has 0 radical (unpaired) electrons. The molecule has 1 aromatic heterocycles. The quantitative estimate of drug-likeness (QED) is 0.232. The Kier molecular flexibility index (Phi) is 12.9. The van der Waals surface area contributed by atoms with Gasteiger partial charge in [0.05, 0.1) is 6.20 Å². The number of hydrogen-bond acceptors (Lipinski definition) is 5. The summed E-state index contributed by atoms with van der Waals surface area (Å²) < 4.78 is 10.9. The molecule has 0 aliphatic rings. The predicted octanol–water partition coefficient (Wildman–Crippen LogP) is 2.61. The lowest BCUT2D eigenvalue weighted by Gasteiger charge is -2.18. The van der Waals surface area contributed by atoms with Crippen molar-refractivity contribution in [1.82, 2.24) is 20.5 Å². The highest BCUT2D eigenvalue weighted by molar-refractivity contribution is 14.0. The monoisotopic (exact) mass is 481 g/mol. The van der Waals surface area contributed by atoms with E-state index in [2.05, 4.69) is 60.3 Å². The summed E-state index contributed by atoms with van der Waals surface area (Å²) in [6, 6.07) is 0. The second-order valence-corrected chi connectivity index (χ2v) is 7.14. The molecule has 0 aromatic carbocycles. The van der Waals surface area contributed by atoms with Gasteiger partial charge in [0.2, 0.25) is 5.89 Å². The lowest BCUT2D eigenvalue weighted by atomic mass is 9.94. The van der Waals surface area contributed by atoms with Crippen LogP contribution in [0, 0.1) is 0 Å². The van der Waals surface area contributed by atoms with E-state index in [4.69, 9.17) is 9.15 Å². The fourth-order valence-electron chi connectivity index (χ4n) is 2.17. The summed E-state index contributed by atoms with van der Waals surface area (Å²) >= 11 is 0. The van der Waals surface area contributed by atoms with Crippen LogP contribution in [0.1, 0.15) is 45.8 Å². The van der Waals surface area contributed by atoms with Gasteiger partial charge >= 0.3 is 0 Å². The van der Waals surface area contributed by atoms with Crippen molar-refractivity contribution in [1.29, 1.82) is 0 Å². The van der Waals surface area contributed by atoms with E-state index < -0.39 is 0 Å². The van der Waals surface area contributed by atoms with Crippen molar-refractivity contribution in [3.05, 3.63) is 17.8 Å². The maximum absolute atomic E-state index is 5.78. The molecule has 0 fully saturated rings. The second kappa shape index (κ2) is 13.3. The molecule has 0 amide bonds. The number of guanidine groups is 1. The van der Waals surface area contributed by atoms with E-state index >= 15 is 0 Å². The highest BCUT2D eigenvalue weighted by atomic mass is 127. The van der Waals surface area contributed by atoms with Crippen LogP contribution < -0.4 is 10.6 Å². The van der Waals surface area contributed by atoms with Crippen LogP contribution in [0.25, 0.3) is 0 Å². The number of rotatable bonds is 10. The van der Waals surface area contributed by atoms with Crippen LogP contribution in [0.15, 0.2) is 15.6 Å². The van der Waals surface area contributed by atoms with Crippen LogP contribution in [-0.4, -0.2) is 62.8 Å². The second-order valence-electron chi connectivity index (χ2n) is 7.14. The number of hydrogen-bond donors (Lipinski definition) is 2. The number of aromatic nitrogens is 1. The number of nitrogens with one attached hydrogen (secondary N) is 2. The molecule has 0 saturated carbocycles. The van der Waals surface area contributed by atoms with Crippen molar-refractivity contribution in [3.63, 3.8) is 0 Å². The Morgan fingerprint density at radius 1 is 1.31 bits per heavy atom. The molecule has 7 nitrogen and oxygen atoms in total. The van der Waals surface area contributed by atoms with Gasteiger partial charge in [-0.05, 0) is 20.4 Å². The van der Waals surface area contributed by atoms with Crippen LogP contribution in [0.4, 0.5) is 0 Å². The average molecular weight is 481 g/mol. The minimum atomic E-state index is -0.0366. The van der Waals surface area contributed by atoms with Gasteiger partial charge in [0.25, 0.3) is 0 Å². The fourth-order valence-corrected chi connectivity index (χ4v) is 2.17. The van der Waals surface area contributed by atoms with E-state index in [0.29, 0.717) is 12.4 Å². The number of oxazole rings is 1. The first kappa shape index (κ1) is 25.1. The number of likely N-dealkylation sites (N-methyl/N-ethyl adjacent to an activating group) is 1. The number of nitrogens with zero attached hydrogens (tertiary/aromatic N) is 3. The molecule has 8 heteroatoms. The first-order valence-corrected chi connectivity index (χ1v) is 9.01. The summed E-state index contributed by atoms with van der Waals surface area (Å²) in [4.78, 5) is 11.1. The third-order valence-electron chi connectivity index (χ3n) is 3.68. The molecular weight excluding hydrogens is 445 g/mol. The van der Waals surface area contributed by atoms with Crippen LogP contribution in [0.2, 0.25) is 0 Å². The first-order chi connectivity index (χ1) is 11.9. The van der Waals surface area contributed by atoms with Crippen LogP contribution in [-0.2, 0) is 16.7 Å². The largest absolute Gasteiger partial charge is 0.443 e. The zero-order valence-corrected chi connectivity index (χ0v) is 19.4. The zero-order chi connectivity index (χ0) is 18.7. The Morgan fingerprint density at radius 2 is 2.04 bits per heavy atom. The standard InChI is InChI=1S/C18H35N5O2.HI/c1-7-19-17(20-9-11-23(5)10-8-12-24-6)22-14-16-21-13-15(25-16)18(2,3)4;/h13H,7-12,14H2,1-6H3,(H2,19,20,22);1H. The molecule has 26 heavy (non-hydrogen) atoms. The summed E-state index contributed by atoms with van der Waals surface area (Å²) in [7, 11) is 3.85. The van der Waals surface area contributed by atoms with Gasteiger partial charge in [-0.3, -0.25) is 0 Å². The SMILES string of the molecule is CCNC(=NCc1ncc(C(C)(C)C)o1)NCCN(C)CCCOC.I. The van der Waals surface area contributed by atoms with Crippen LogP contribution in [0.5, 0.6) is 0 Å². The van der Waals surface area contributed by atoms with E-state index in [1.54, 1.807) is 13.3 Å². The van der Waals surface area contributed by atoms with Crippen molar-refractivity contribution < 1.29 is 9.15 Å². The number of aliphatic imine (C=N–C) groups is 1. The summed E-state index contributed by atoms with van der Waals surface area (Å²) in [5.74, 6) is 2.30. The maximum atomic E-state index is 5.78. The lowest BCUT2D eigenvalue weighted by molar-refractivity contribution is 0.180. The Hall–Kier alpha value is -0.870. The molecule has 0 saturated heterocycles. The minimum absolute atomic E-state index is 0. The van der Waals surface area contributed by atoms with Crippen molar-refractivity contribution in [2.45, 2.75) is 46.1 Å². The van der Waals surface area contributed by atoms with Gasteiger partial charge in [0.1, 0.15) is 12.3 Å². The normalized spacial score (nSPS) is 12.2. The molecule has 0 bridgehead atoms. The van der Waals surface area contributed by atoms with Gasteiger partial charge < -0.3 is 24.7 Å². The zero-order valence-electron chi connectivity index (χ0n) is 17.1. The number of ether oxygens (including phenoxy) is 1. The Morgan fingerprint density at radius 3 is 2.62 bits per heavy atom.